The number of hydrogen-bond acceptors (Lipinski definition) is 2. The second kappa shape index (κ2) is 6.28. The van der Waals surface area contributed by atoms with Gasteiger partial charge < -0.3 is 15.2 Å². The van der Waals surface area contributed by atoms with Gasteiger partial charge in [-0.25, -0.2) is 4.79 Å². The molecule has 2 aromatic rings. The van der Waals surface area contributed by atoms with Gasteiger partial charge in [0.1, 0.15) is 11.9 Å². The SMILES string of the molecule is O=C(O)NCCC1Cc2cccc(-c3ccccc3Cl)c2O1. The minimum atomic E-state index is -1.01. The summed E-state index contributed by atoms with van der Waals surface area (Å²) in [6.07, 6.45) is 0.412. The zero-order valence-electron chi connectivity index (χ0n) is 11.9. The summed E-state index contributed by atoms with van der Waals surface area (Å²) in [7, 11) is 0. The molecule has 0 saturated carbocycles. The van der Waals surface area contributed by atoms with E-state index in [9.17, 15) is 4.79 Å². The van der Waals surface area contributed by atoms with E-state index in [4.69, 9.17) is 21.4 Å². The molecule has 0 radical (unpaired) electrons. The van der Waals surface area contributed by atoms with E-state index in [0.29, 0.717) is 18.0 Å². The molecule has 2 aromatic carbocycles. The molecule has 5 heteroatoms. The molecule has 2 N–H and O–H groups in total. The van der Waals surface area contributed by atoms with Gasteiger partial charge in [0.15, 0.2) is 0 Å². The lowest BCUT2D eigenvalue weighted by molar-refractivity contribution is 0.188. The zero-order chi connectivity index (χ0) is 15.5. The maximum atomic E-state index is 10.5. The molecule has 1 amide bonds. The van der Waals surface area contributed by atoms with Gasteiger partial charge in [0.2, 0.25) is 0 Å². The van der Waals surface area contributed by atoms with E-state index in [-0.39, 0.29) is 6.10 Å². The minimum Gasteiger partial charge on any atom is -0.489 e. The first-order valence-corrected chi connectivity index (χ1v) is 7.53. The minimum absolute atomic E-state index is 0.00881. The first kappa shape index (κ1) is 14.7. The van der Waals surface area contributed by atoms with Gasteiger partial charge in [-0.1, -0.05) is 48.0 Å². The molecule has 22 heavy (non-hydrogen) atoms. The maximum absolute atomic E-state index is 10.5. The largest absolute Gasteiger partial charge is 0.489 e. The number of nitrogens with one attached hydrogen (secondary N) is 1. The third kappa shape index (κ3) is 3.02. The Morgan fingerprint density at radius 3 is 2.77 bits per heavy atom. The number of para-hydroxylation sites is 1. The Balaban J connectivity index is 1.80. The number of fused-ring (bicyclic) bond motifs is 1. The summed E-state index contributed by atoms with van der Waals surface area (Å²) in [5.74, 6) is 0.857. The van der Waals surface area contributed by atoms with Crippen molar-refractivity contribution in [3.05, 3.63) is 53.1 Å². The number of carbonyl (C=O) groups is 1. The molecule has 1 aliphatic rings. The van der Waals surface area contributed by atoms with Crippen LogP contribution < -0.4 is 10.1 Å². The van der Waals surface area contributed by atoms with E-state index >= 15 is 0 Å². The van der Waals surface area contributed by atoms with E-state index < -0.39 is 6.09 Å². The highest BCUT2D eigenvalue weighted by atomic mass is 35.5. The van der Waals surface area contributed by atoms with Gasteiger partial charge in [-0.2, -0.15) is 0 Å². The molecule has 0 aromatic heterocycles. The highest BCUT2D eigenvalue weighted by molar-refractivity contribution is 6.33. The van der Waals surface area contributed by atoms with Crippen LogP contribution in [0.4, 0.5) is 4.79 Å². The van der Waals surface area contributed by atoms with Crippen molar-refractivity contribution in [1.82, 2.24) is 5.32 Å². The van der Waals surface area contributed by atoms with E-state index in [1.165, 1.54) is 0 Å². The summed E-state index contributed by atoms with van der Waals surface area (Å²) in [5.41, 5.74) is 3.07. The van der Waals surface area contributed by atoms with Crippen molar-refractivity contribution in [3.8, 4) is 16.9 Å². The molecule has 0 bridgehead atoms. The molecule has 0 saturated heterocycles. The van der Waals surface area contributed by atoms with Crippen molar-refractivity contribution in [2.75, 3.05) is 6.54 Å². The average Bonchev–Trinajstić information content (AvgIpc) is 2.90. The molecule has 0 spiro atoms. The third-order valence-electron chi connectivity index (χ3n) is 3.74. The van der Waals surface area contributed by atoms with Crippen LogP contribution in [0.25, 0.3) is 11.1 Å². The summed E-state index contributed by atoms with van der Waals surface area (Å²) in [6, 6.07) is 13.7. The summed E-state index contributed by atoms with van der Waals surface area (Å²) >= 11 is 6.28. The number of hydrogen-bond donors (Lipinski definition) is 2. The molecule has 1 atom stereocenters. The van der Waals surface area contributed by atoms with Gasteiger partial charge >= 0.3 is 6.09 Å². The molecule has 114 valence electrons. The van der Waals surface area contributed by atoms with Crippen LogP contribution in [-0.4, -0.2) is 23.8 Å². The highest BCUT2D eigenvalue weighted by Gasteiger charge is 2.26. The van der Waals surface area contributed by atoms with Gasteiger partial charge in [0.25, 0.3) is 0 Å². The Morgan fingerprint density at radius 2 is 2.00 bits per heavy atom. The van der Waals surface area contributed by atoms with E-state index in [1.807, 2.05) is 42.5 Å². The summed E-state index contributed by atoms with van der Waals surface area (Å²) in [6.45, 7) is 0.384. The fourth-order valence-electron chi connectivity index (χ4n) is 2.73. The van der Waals surface area contributed by atoms with Crippen molar-refractivity contribution in [3.63, 3.8) is 0 Å². The summed E-state index contributed by atoms with van der Waals surface area (Å²) < 4.78 is 6.04. The molecule has 1 aliphatic heterocycles. The number of ether oxygens (including phenoxy) is 1. The number of carboxylic acid groups (broad SMARTS) is 1. The predicted molar refractivity (Wildman–Crippen MR) is 85.7 cm³/mol. The molecule has 1 unspecified atom stereocenters. The van der Waals surface area contributed by atoms with E-state index in [0.717, 1.165) is 28.9 Å². The normalized spacial score (nSPS) is 16.0. The Kier molecular flexibility index (Phi) is 4.20. The Labute approximate surface area is 133 Å². The number of benzene rings is 2. The van der Waals surface area contributed by atoms with Crippen molar-refractivity contribution in [1.29, 1.82) is 0 Å². The first-order valence-electron chi connectivity index (χ1n) is 7.15. The molecule has 4 nitrogen and oxygen atoms in total. The van der Waals surface area contributed by atoms with Crippen LogP contribution in [0.2, 0.25) is 5.02 Å². The van der Waals surface area contributed by atoms with Crippen LogP contribution in [-0.2, 0) is 6.42 Å². The molecular weight excluding hydrogens is 302 g/mol. The van der Waals surface area contributed by atoms with Gasteiger partial charge in [-0.3, -0.25) is 0 Å². The molecule has 0 aliphatic carbocycles. The standard InChI is InChI=1S/C17H16ClNO3/c18-15-7-2-1-5-13(15)14-6-3-4-11-10-12(22-16(11)14)8-9-19-17(20)21/h1-7,12,19H,8-10H2,(H,20,21). The van der Waals surface area contributed by atoms with Crippen LogP contribution in [0.1, 0.15) is 12.0 Å². The van der Waals surface area contributed by atoms with Gasteiger partial charge in [-0.05, 0) is 11.6 Å². The molecule has 1 heterocycles. The lowest BCUT2D eigenvalue weighted by Gasteiger charge is -2.13. The van der Waals surface area contributed by atoms with Gasteiger partial charge in [0, 0.05) is 35.5 Å². The van der Waals surface area contributed by atoms with Crippen molar-refractivity contribution >= 4 is 17.7 Å². The third-order valence-corrected chi connectivity index (χ3v) is 4.06. The molecule has 0 fully saturated rings. The van der Waals surface area contributed by atoms with Crippen LogP contribution in [0.3, 0.4) is 0 Å². The first-order chi connectivity index (χ1) is 10.6. The monoisotopic (exact) mass is 317 g/mol. The van der Waals surface area contributed by atoms with Gasteiger partial charge in [-0.15, -0.1) is 0 Å². The number of rotatable bonds is 4. The Hall–Kier alpha value is -2.20. The van der Waals surface area contributed by atoms with Crippen molar-refractivity contribution in [2.24, 2.45) is 0 Å². The van der Waals surface area contributed by atoms with Crippen molar-refractivity contribution in [2.45, 2.75) is 18.9 Å². The fraction of sp³-hybridized carbons (Fsp3) is 0.235. The summed E-state index contributed by atoms with van der Waals surface area (Å²) in [5, 5.41) is 11.7. The number of amides is 1. The van der Waals surface area contributed by atoms with E-state index in [1.54, 1.807) is 0 Å². The Bertz CT molecular complexity index is 702. The van der Waals surface area contributed by atoms with Gasteiger partial charge in [0.05, 0.1) is 0 Å². The Morgan fingerprint density at radius 1 is 1.23 bits per heavy atom. The predicted octanol–water partition coefficient (Wildman–Crippen LogP) is 3.97. The second-order valence-corrected chi connectivity index (χ2v) is 5.65. The van der Waals surface area contributed by atoms with E-state index in [2.05, 4.69) is 5.32 Å². The van der Waals surface area contributed by atoms with Crippen LogP contribution in [0, 0.1) is 0 Å². The maximum Gasteiger partial charge on any atom is 0.404 e. The van der Waals surface area contributed by atoms with Crippen LogP contribution >= 0.6 is 11.6 Å². The highest BCUT2D eigenvalue weighted by Crippen LogP contribution is 2.41. The molecular formula is C17H16ClNO3. The lowest BCUT2D eigenvalue weighted by Crippen LogP contribution is -2.26. The quantitative estimate of drug-likeness (QED) is 0.897. The lowest BCUT2D eigenvalue weighted by atomic mass is 10.0. The van der Waals surface area contributed by atoms with Crippen LogP contribution in [0.5, 0.6) is 5.75 Å². The second-order valence-electron chi connectivity index (χ2n) is 5.24. The molecule has 3 rings (SSSR count). The summed E-state index contributed by atoms with van der Waals surface area (Å²) in [4.78, 5) is 10.5. The van der Waals surface area contributed by atoms with Crippen molar-refractivity contribution < 1.29 is 14.6 Å². The smallest absolute Gasteiger partial charge is 0.404 e. The van der Waals surface area contributed by atoms with Crippen LogP contribution in [0.15, 0.2) is 42.5 Å². The topological polar surface area (TPSA) is 58.6 Å². The average molecular weight is 318 g/mol. The fourth-order valence-corrected chi connectivity index (χ4v) is 2.97. The number of halogens is 1. The zero-order valence-corrected chi connectivity index (χ0v) is 12.6.